The molecule has 29 heavy (non-hydrogen) atoms. The summed E-state index contributed by atoms with van der Waals surface area (Å²) in [6.45, 7) is 5.51. The molecule has 0 bridgehead atoms. The second-order valence-corrected chi connectivity index (χ2v) is 7.55. The molecule has 150 valence electrons. The summed E-state index contributed by atoms with van der Waals surface area (Å²) in [6, 6.07) is 17.2. The van der Waals surface area contributed by atoms with Crippen LogP contribution in [-0.4, -0.2) is 17.9 Å². The van der Waals surface area contributed by atoms with Gasteiger partial charge in [0.15, 0.2) is 0 Å². The van der Waals surface area contributed by atoms with E-state index in [-0.39, 0.29) is 24.2 Å². The molecule has 0 aliphatic carbocycles. The molecule has 0 spiro atoms. The van der Waals surface area contributed by atoms with Crippen LogP contribution in [0, 0.1) is 18.7 Å². The standard InChI is InChI=1S/C24H25FN2O2/c1-15(2)23(24(29)26-21-14-19(25)12-11-16(21)3)27-22(28)13-18-9-6-8-17-7-4-5-10-20(17)18/h4-12,14-15,23H,13H2,1-3H3,(H,26,29)(H,27,28)/t23-/m0/s1. The molecule has 0 radical (unpaired) electrons. The van der Waals surface area contributed by atoms with Gasteiger partial charge in [-0.2, -0.15) is 0 Å². The van der Waals surface area contributed by atoms with E-state index in [1.54, 1.807) is 13.0 Å². The average molecular weight is 392 g/mol. The molecule has 0 aromatic heterocycles. The van der Waals surface area contributed by atoms with E-state index in [0.29, 0.717) is 5.69 Å². The Morgan fingerprint density at radius 2 is 1.72 bits per heavy atom. The summed E-state index contributed by atoms with van der Waals surface area (Å²) in [5, 5.41) is 7.66. The molecule has 4 nitrogen and oxygen atoms in total. The summed E-state index contributed by atoms with van der Waals surface area (Å²) in [7, 11) is 0. The van der Waals surface area contributed by atoms with Crippen molar-refractivity contribution < 1.29 is 14.0 Å². The van der Waals surface area contributed by atoms with Gasteiger partial charge in [-0.1, -0.05) is 62.4 Å². The van der Waals surface area contributed by atoms with Crippen LogP contribution >= 0.6 is 0 Å². The molecule has 2 N–H and O–H groups in total. The largest absolute Gasteiger partial charge is 0.344 e. The Hall–Kier alpha value is -3.21. The minimum Gasteiger partial charge on any atom is -0.344 e. The van der Waals surface area contributed by atoms with Crippen molar-refractivity contribution in [3.05, 3.63) is 77.6 Å². The lowest BCUT2D eigenvalue weighted by Crippen LogP contribution is -2.47. The molecule has 3 aromatic rings. The van der Waals surface area contributed by atoms with Crippen molar-refractivity contribution in [2.45, 2.75) is 33.2 Å². The number of carbonyl (C=O) groups excluding carboxylic acids is 2. The minimum atomic E-state index is -0.722. The molecular weight excluding hydrogens is 367 g/mol. The van der Waals surface area contributed by atoms with Gasteiger partial charge in [-0.05, 0) is 46.9 Å². The highest BCUT2D eigenvalue weighted by Gasteiger charge is 2.25. The van der Waals surface area contributed by atoms with Gasteiger partial charge in [-0.15, -0.1) is 0 Å². The van der Waals surface area contributed by atoms with E-state index in [1.165, 1.54) is 12.1 Å². The van der Waals surface area contributed by atoms with Crippen LogP contribution in [0.5, 0.6) is 0 Å². The zero-order valence-electron chi connectivity index (χ0n) is 16.8. The molecular formula is C24H25FN2O2. The maximum Gasteiger partial charge on any atom is 0.247 e. The summed E-state index contributed by atoms with van der Waals surface area (Å²) < 4.78 is 13.5. The number of aryl methyl sites for hydroxylation is 1. The lowest BCUT2D eigenvalue weighted by molar-refractivity contribution is -0.127. The molecule has 0 aliphatic heterocycles. The quantitative estimate of drug-likeness (QED) is 0.644. The van der Waals surface area contributed by atoms with Crippen LogP contribution in [0.25, 0.3) is 10.8 Å². The minimum absolute atomic E-state index is 0.125. The lowest BCUT2D eigenvalue weighted by Gasteiger charge is -2.22. The number of anilines is 1. The van der Waals surface area contributed by atoms with Crippen molar-refractivity contribution in [3.8, 4) is 0 Å². The number of carbonyl (C=O) groups is 2. The van der Waals surface area contributed by atoms with E-state index >= 15 is 0 Å². The summed E-state index contributed by atoms with van der Waals surface area (Å²) in [4.78, 5) is 25.5. The van der Waals surface area contributed by atoms with Crippen LogP contribution in [0.2, 0.25) is 0 Å². The van der Waals surface area contributed by atoms with Crippen LogP contribution in [0.15, 0.2) is 60.7 Å². The molecule has 0 aliphatic rings. The number of nitrogens with one attached hydrogen (secondary N) is 2. The molecule has 0 heterocycles. The first kappa shape index (κ1) is 20.5. The van der Waals surface area contributed by atoms with Crippen molar-refractivity contribution >= 4 is 28.3 Å². The van der Waals surface area contributed by atoms with E-state index in [2.05, 4.69) is 10.6 Å². The van der Waals surface area contributed by atoms with E-state index in [9.17, 15) is 14.0 Å². The van der Waals surface area contributed by atoms with Gasteiger partial charge >= 0.3 is 0 Å². The van der Waals surface area contributed by atoms with Gasteiger partial charge in [0.1, 0.15) is 11.9 Å². The average Bonchev–Trinajstić information content (AvgIpc) is 2.69. The van der Waals surface area contributed by atoms with Crippen molar-refractivity contribution in [2.24, 2.45) is 5.92 Å². The van der Waals surface area contributed by atoms with E-state index in [4.69, 9.17) is 0 Å². The zero-order valence-corrected chi connectivity index (χ0v) is 16.8. The molecule has 0 saturated heterocycles. The summed E-state index contributed by atoms with van der Waals surface area (Å²) in [5.41, 5.74) is 2.07. The number of rotatable bonds is 6. The maximum absolute atomic E-state index is 13.5. The fourth-order valence-corrected chi connectivity index (χ4v) is 3.32. The molecule has 3 rings (SSSR count). The number of benzene rings is 3. The lowest BCUT2D eigenvalue weighted by atomic mass is 10.00. The fourth-order valence-electron chi connectivity index (χ4n) is 3.32. The Morgan fingerprint density at radius 1 is 1.00 bits per heavy atom. The molecule has 2 amide bonds. The third-order valence-electron chi connectivity index (χ3n) is 4.95. The van der Waals surface area contributed by atoms with Gasteiger partial charge in [-0.25, -0.2) is 4.39 Å². The number of hydrogen-bond acceptors (Lipinski definition) is 2. The molecule has 0 saturated carbocycles. The third-order valence-corrected chi connectivity index (χ3v) is 4.95. The normalized spacial score (nSPS) is 12.0. The van der Waals surface area contributed by atoms with Gasteiger partial charge in [0.2, 0.25) is 11.8 Å². The number of amides is 2. The van der Waals surface area contributed by atoms with Crippen molar-refractivity contribution in [2.75, 3.05) is 5.32 Å². The first-order valence-electron chi connectivity index (χ1n) is 9.68. The first-order valence-corrected chi connectivity index (χ1v) is 9.68. The molecule has 5 heteroatoms. The Bertz CT molecular complexity index is 1040. The zero-order chi connectivity index (χ0) is 21.0. The molecule has 0 fully saturated rings. The Labute approximate surface area is 170 Å². The van der Waals surface area contributed by atoms with Crippen LogP contribution in [0.3, 0.4) is 0 Å². The Balaban J connectivity index is 1.73. The predicted octanol–water partition coefficient (Wildman–Crippen LogP) is 4.61. The van der Waals surface area contributed by atoms with Crippen LogP contribution < -0.4 is 10.6 Å². The van der Waals surface area contributed by atoms with Crippen LogP contribution in [0.4, 0.5) is 10.1 Å². The number of halogens is 1. The highest BCUT2D eigenvalue weighted by atomic mass is 19.1. The smallest absolute Gasteiger partial charge is 0.247 e. The van der Waals surface area contributed by atoms with E-state index < -0.39 is 11.9 Å². The SMILES string of the molecule is Cc1ccc(F)cc1NC(=O)[C@@H](NC(=O)Cc1cccc2ccccc12)C(C)C. The number of hydrogen-bond donors (Lipinski definition) is 2. The van der Waals surface area contributed by atoms with Crippen LogP contribution in [-0.2, 0) is 16.0 Å². The first-order chi connectivity index (χ1) is 13.8. The molecule has 0 unspecified atom stereocenters. The summed E-state index contributed by atoms with van der Waals surface area (Å²) >= 11 is 0. The van der Waals surface area contributed by atoms with Gasteiger partial charge < -0.3 is 10.6 Å². The highest BCUT2D eigenvalue weighted by Crippen LogP contribution is 2.20. The van der Waals surface area contributed by atoms with E-state index in [0.717, 1.165) is 21.9 Å². The van der Waals surface area contributed by atoms with Crippen molar-refractivity contribution in [1.29, 1.82) is 0 Å². The third kappa shape index (κ3) is 4.99. The summed E-state index contributed by atoms with van der Waals surface area (Å²) in [6.07, 6.45) is 0.177. The maximum atomic E-state index is 13.5. The van der Waals surface area contributed by atoms with Gasteiger partial charge in [0.05, 0.1) is 6.42 Å². The van der Waals surface area contributed by atoms with Gasteiger partial charge in [-0.3, -0.25) is 9.59 Å². The fraction of sp³-hybridized carbons (Fsp3) is 0.250. The van der Waals surface area contributed by atoms with Gasteiger partial charge in [0.25, 0.3) is 0 Å². The van der Waals surface area contributed by atoms with E-state index in [1.807, 2.05) is 56.3 Å². The highest BCUT2D eigenvalue weighted by molar-refractivity contribution is 5.98. The second-order valence-electron chi connectivity index (χ2n) is 7.55. The summed E-state index contributed by atoms with van der Waals surface area (Å²) in [5.74, 6) is -1.14. The molecule has 1 atom stereocenters. The van der Waals surface area contributed by atoms with Crippen molar-refractivity contribution in [1.82, 2.24) is 5.32 Å². The number of fused-ring (bicyclic) bond motifs is 1. The Kier molecular flexibility index (Phi) is 6.27. The second kappa shape index (κ2) is 8.86. The predicted molar refractivity (Wildman–Crippen MR) is 114 cm³/mol. The monoisotopic (exact) mass is 392 g/mol. The molecule has 3 aromatic carbocycles. The van der Waals surface area contributed by atoms with Crippen LogP contribution in [0.1, 0.15) is 25.0 Å². The van der Waals surface area contributed by atoms with Gasteiger partial charge in [0, 0.05) is 5.69 Å². The topological polar surface area (TPSA) is 58.2 Å². The van der Waals surface area contributed by atoms with Crippen molar-refractivity contribution in [3.63, 3.8) is 0 Å². The Morgan fingerprint density at radius 3 is 2.48 bits per heavy atom.